The standard InChI is InChI=1S/C20H17Cl2N3O2/c21-14-9-16-19(17(22)10-14)23-11-25(20(16)27)7-6-18(26)24-15-5-4-12-2-1-3-13(12)8-15/h4-5,8-11H,1-3,6-7H2,(H,24,26). The number of fused-ring (bicyclic) bond motifs is 2. The van der Waals surface area contributed by atoms with Gasteiger partial charge in [-0.15, -0.1) is 0 Å². The van der Waals surface area contributed by atoms with E-state index in [0.29, 0.717) is 20.9 Å². The van der Waals surface area contributed by atoms with E-state index >= 15 is 0 Å². The summed E-state index contributed by atoms with van der Waals surface area (Å²) >= 11 is 12.1. The number of carbonyl (C=O) groups excluding carboxylic acids is 1. The summed E-state index contributed by atoms with van der Waals surface area (Å²) in [7, 11) is 0. The molecule has 0 saturated carbocycles. The van der Waals surface area contributed by atoms with Gasteiger partial charge in [0.15, 0.2) is 0 Å². The second kappa shape index (κ2) is 7.33. The molecular formula is C20H17Cl2N3O2. The van der Waals surface area contributed by atoms with E-state index in [1.54, 1.807) is 12.1 Å². The van der Waals surface area contributed by atoms with Crippen LogP contribution in [-0.2, 0) is 24.2 Å². The van der Waals surface area contributed by atoms with Gasteiger partial charge in [-0.05, 0) is 54.7 Å². The Morgan fingerprint density at radius 1 is 1.15 bits per heavy atom. The number of anilines is 1. The molecule has 2 aromatic carbocycles. The summed E-state index contributed by atoms with van der Waals surface area (Å²) in [4.78, 5) is 29.1. The lowest BCUT2D eigenvalue weighted by Gasteiger charge is -2.09. The highest BCUT2D eigenvalue weighted by Gasteiger charge is 2.13. The number of aryl methyl sites for hydroxylation is 3. The van der Waals surface area contributed by atoms with Crippen LogP contribution in [0, 0.1) is 0 Å². The van der Waals surface area contributed by atoms with E-state index < -0.39 is 0 Å². The minimum absolute atomic E-state index is 0.149. The molecule has 3 aromatic rings. The summed E-state index contributed by atoms with van der Waals surface area (Å²) in [6, 6.07) is 9.12. The number of benzene rings is 2. The first-order valence-electron chi connectivity index (χ1n) is 8.77. The van der Waals surface area contributed by atoms with Crippen LogP contribution in [0.3, 0.4) is 0 Å². The SMILES string of the molecule is O=C(CCn1cnc2c(Cl)cc(Cl)cc2c1=O)Nc1ccc2c(c1)CCC2. The molecule has 1 heterocycles. The first-order valence-corrected chi connectivity index (χ1v) is 9.53. The molecule has 1 aromatic heterocycles. The van der Waals surface area contributed by atoms with Gasteiger partial charge in [-0.2, -0.15) is 0 Å². The van der Waals surface area contributed by atoms with Crippen LogP contribution >= 0.6 is 23.2 Å². The molecule has 0 unspecified atom stereocenters. The van der Waals surface area contributed by atoms with Crippen molar-refractivity contribution in [3.63, 3.8) is 0 Å². The molecule has 0 atom stereocenters. The predicted molar refractivity (Wildman–Crippen MR) is 108 cm³/mol. The molecule has 7 heteroatoms. The van der Waals surface area contributed by atoms with Gasteiger partial charge in [-0.1, -0.05) is 29.3 Å². The summed E-state index contributed by atoms with van der Waals surface area (Å²) < 4.78 is 1.40. The fourth-order valence-electron chi connectivity index (χ4n) is 3.45. The Kier molecular flexibility index (Phi) is 4.89. The highest BCUT2D eigenvalue weighted by Crippen LogP contribution is 2.25. The van der Waals surface area contributed by atoms with Crippen molar-refractivity contribution < 1.29 is 4.79 Å². The summed E-state index contributed by atoms with van der Waals surface area (Å²) in [5.41, 5.74) is 3.60. The molecule has 0 fully saturated rings. The van der Waals surface area contributed by atoms with E-state index in [1.807, 2.05) is 12.1 Å². The lowest BCUT2D eigenvalue weighted by molar-refractivity contribution is -0.116. The highest BCUT2D eigenvalue weighted by atomic mass is 35.5. The molecule has 4 rings (SSSR count). The van der Waals surface area contributed by atoms with Crippen LogP contribution in [0.1, 0.15) is 24.0 Å². The van der Waals surface area contributed by atoms with Crippen LogP contribution < -0.4 is 10.9 Å². The number of aromatic nitrogens is 2. The van der Waals surface area contributed by atoms with Gasteiger partial charge in [-0.3, -0.25) is 14.2 Å². The van der Waals surface area contributed by atoms with Crippen molar-refractivity contribution in [3.05, 3.63) is 68.2 Å². The molecule has 0 spiro atoms. The number of hydrogen-bond acceptors (Lipinski definition) is 3. The van der Waals surface area contributed by atoms with Gasteiger partial charge in [-0.25, -0.2) is 4.98 Å². The monoisotopic (exact) mass is 401 g/mol. The van der Waals surface area contributed by atoms with Crippen LogP contribution in [0.2, 0.25) is 10.0 Å². The van der Waals surface area contributed by atoms with Crippen molar-refractivity contribution in [1.29, 1.82) is 0 Å². The van der Waals surface area contributed by atoms with Gasteiger partial charge >= 0.3 is 0 Å². The first kappa shape index (κ1) is 18.0. The molecule has 138 valence electrons. The van der Waals surface area contributed by atoms with Crippen LogP contribution in [0.15, 0.2) is 41.5 Å². The molecule has 1 N–H and O–H groups in total. The Balaban J connectivity index is 1.47. The normalized spacial score (nSPS) is 13.0. The summed E-state index contributed by atoms with van der Waals surface area (Å²) in [5.74, 6) is -0.149. The van der Waals surface area contributed by atoms with Gasteiger partial charge in [0.2, 0.25) is 5.91 Å². The zero-order chi connectivity index (χ0) is 19.0. The summed E-state index contributed by atoms with van der Waals surface area (Å²) in [6.45, 7) is 0.225. The fraction of sp³-hybridized carbons (Fsp3) is 0.250. The van der Waals surface area contributed by atoms with Crippen LogP contribution in [0.4, 0.5) is 5.69 Å². The Labute approximate surface area is 165 Å². The van der Waals surface area contributed by atoms with Crippen molar-refractivity contribution in [2.75, 3.05) is 5.32 Å². The van der Waals surface area contributed by atoms with Crippen molar-refractivity contribution in [2.45, 2.75) is 32.2 Å². The van der Waals surface area contributed by atoms with E-state index in [1.165, 1.54) is 28.4 Å². The van der Waals surface area contributed by atoms with Gasteiger partial charge < -0.3 is 5.32 Å². The molecule has 0 radical (unpaired) electrons. The molecular weight excluding hydrogens is 385 g/mol. The number of amides is 1. The van der Waals surface area contributed by atoms with Crippen LogP contribution in [0.25, 0.3) is 10.9 Å². The van der Waals surface area contributed by atoms with Gasteiger partial charge in [0.25, 0.3) is 5.56 Å². The van der Waals surface area contributed by atoms with E-state index in [9.17, 15) is 9.59 Å². The average Bonchev–Trinajstić information content (AvgIpc) is 3.09. The van der Waals surface area contributed by atoms with Crippen molar-refractivity contribution >= 4 is 45.7 Å². The minimum atomic E-state index is -0.269. The van der Waals surface area contributed by atoms with E-state index in [2.05, 4.69) is 16.4 Å². The maximum Gasteiger partial charge on any atom is 0.261 e. The minimum Gasteiger partial charge on any atom is -0.326 e. The van der Waals surface area contributed by atoms with Crippen molar-refractivity contribution in [3.8, 4) is 0 Å². The molecule has 1 aliphatic rings. The molecule has 1 aliphatic carbocycles. The second-order valence-electron chi connectivity index (χ2n) is 6.66. The van der Waals surface area contributed by atoms with Gasteiger partial charge in [0.1, 0.15) is 0 Å². The first-order chi connectivity index (χ1) is 13.0. The third-order valence-electron chi connectivity index (χ3n) is 4.81. The number of carbonyl (C=O) groups is 1. The van der Waals surface area contributed by atoms with E-state index in [4.69, 9.17) is 23.2 Å². The Morgan fingerprint density at radius 3 is 2.81 bits per heavy atom. The average molecular weight is 402 g/mol. The lowest BCUT2D eigenvalue weighted by atomic mass is 10.1. The topological polar surface area (TPSA) is 64.0 Å². The Hall–Kier alpha value is -2.37. The maximum absolute atomic E-state index is 12.6. The number of rotatable bonds is 4. The number of hydrogen-bond donors (Lipinski definition) is 1. The summed E-state index contributed by atoms with van der Waals surface area (Å²) in [6.07, 6.45) is 4.90. The molecule has 27 heavy (non-hydrogen) atoms. The molecule has 0 aliphatic heterocycles. The van der Waals surface area contributed by atoms with Crippen molar-refractivity contribution in [1.82, 2.24) is 9.55 Å². The number of halogens is 2. The Morgan fingerprint density at radius 2 is 1.96 bits per heavy atom. The smallest absolute Gasteiger partial charge is 0.261 e. The van der Waals surface area contributed by atoms with Crippen LogP contribution in [-0.4, -0.2) is 15.5 Å². The zero-order valence-electron chi connectivity index (χ0n) is 14.5. The molecule has 0 saturated heterocycles. The second-order valence-corrected chi connectivity index (χ2v) is 7.51. The van der Waals surface area contributed by atoms with E-state index in [-0.39, 0.29) is 24.4 Å². The third-order valence-corrected chi connectivity index (χ3v) is 5.31. The Bertz CT molecular complexity index is 1110. The number of nitrogens with one attached hydrogen (secondary N) is 1. The molecule has 1 amide bonds. The number of nitrogens with zero attached hydrogens (tertiary/aromatic N) is 2. The fourth-order valence-corrected chi connectivity index (χ4v) is 3.99. The van der Waals surface area contributed by atoms with Gasteiger partial charge in [0, 0.05) is 23.7 Å². The highest BCUT2D eigenvalue weighted by molar-refractivity contribution is 6.38. The zero-order valence-corrected chi connectivity index (χ0v) is 16.0. The molecule has 5 nitrogen and oxygen atoms in total. The summed E-state index contributed by atoms with van der Waals surface area (Å²) in [5, 5.41) is 3.94. The quantitative estimate of drug-likeness (QED) is 0.711. The molecule has 0 bridgehead atoms. The third kappa shape index (κ3) is 3.70. The predicted octanol–water partition coefficient (Wildman–Crippen LogP) is 4.22. The van der Waals surface area contributed by atoms with Crippen LogP contribution in [0.5, 0.6) is 0 Å². The van der Waals surface area contributed by atoms with Gasteiger partial charge in [0.05, 0.1) is 22.3 Å². The largest absolute Gasteiger partial charge is 0.326 e. The lowest BCUT2D eigenvalue weighted by Crippen LogP contribution is -2.23. The maximum atomic E-state index is 12.6. The van der Waals surface area contributed by atoms with Crippen molar-refractivity contribution in [2.24, 2.45) is 0 Å². The van der Waals surface area contributed by atoms with E-state index in [0.717, 1.165) is 18.5 Å².